The Morgan fingerprint density at radius 3 is 2.95 bits per heavy atom. The van der Waals surface area contributed by atoms with E-state index in [4.69, 9.17) is 4.74 Å². The number of likely N-dealkylation sites (tertiary alicyclic amines) is 1. The van der Waals surface area contributed by atoms with Crippen LogP contribution in [0.5, 0.6) is 0 Å². The molecule has 20 heavy (non-hydrogen) atoms. The number of hydrogen-bond donors (Lipinski definition) is 0. The molecule has 3 rings (SSSR count). The van der Waals surface area contributed by atoms with E-state index in [1.807, 2.05) is 31.3 Å². The Balaban J connectivity index is 1.63. The smallest absolute Gasteiger partial charge is 0.251 e. The molecule has 0 N–H and O–H groups in total. The Kier molecular flexibility index (Phi) is 3.78. The molecular weight excluding hydrogens is 254 g/mol. The van der Waals surface area contributed by atoms with E-state index in [9.17, 15) is 4.79 Å². The second-order valence-electron chi connectivity index (χ2n) is 6.06. The zero-order valence-electron chi connectivity index (χ0n) is 12.3. The molecule has 2 aliphatic rings. The Morgan fingerprint density at radius 2 is 2.30 bits per heavy atom. The largest absolute Gasteiger partial charge is 0.368 e. The fourth-order valence-corrected chi connectivity index (χ4v) is 2.86. The monoisotopic (exact) mass is 277 g/mol. The highest BCUT2D eigenvalue weighted by molar-refractivity contribution is 5.81. The standard InChI is InChI=1S/C15H23N3O2/c1-11(20-10-12-5-6-12)15(19)18-7-3-4-14(18)13-8-16-17(2)9-13/h8-9,11-12,14H,3-7,10H2,1-2H3/t11-,14+/m0/s1. The van der Waals surface area contributed by atoms with Gasteiger partial charge in [0.2, 0.25) is 0 Å². The lowest BCUT2D eigenvalue weighted by atomic mass is 10.1. The zero-order chi connectivity index (χ0) is 14.1. The number of aromatic nitrogens is 2. The number of carbonyl (C=O) groups excluding carboxylic acids is 1. The highest BCUT2D eigenvalue weighted by Gasteiger charge is 2.34. The van der Waals surface area contributed by atoms with Crippen LogP contribution in [0.25, 0.3) is 0 Å². The van der Waals surface area contributed by atoms with Gasteiger partial charge in [-0.3, -0.25) is 9.48 Å². The van der Waals surface area contributed by atoms with Gasteiger partial charge in [0.15, 0.2) is 0 Å². The van der Waals surface area contributed by atoms with Gasteiger partial charge in [0.05, 0.1) is 18.8 Å². The fourth-order valence-electron chi connectivity index (χ4n) is 2.86. The molecular formula is C15H23N3O2. The minimum Gasteiger partial charge on any atom is -0.368 e. The van der Waals surface area contributed by atoms with Crippen molar-refractivity contribution >= 4 is 5.91 Å². The molecule has 2 heterocycles. The molecule has 1 saturated carbocycles. The molecule has 0 radical (unpaired) electrons. The summed E-state index contributed by atoms with van der Waals surface area (Å²) in [5.41, 5.74) is 1.13. The first kappa shape index (κ1) is 13.6. The first-order chi connectivity index (χ1) is 9.65. The zero-order valence-corrected chi connectivity index (χ0v) is 12.3. The van der Waals surface area contributed by atoms with Crippen LogP contribution in [0.3, 0.4) is 0 Å². The van der Waals surface area contributed by atoms with Crippen molar-refractivity contribution in [2.24, 2.45) is 13.0 Å². The second kappa shape index (κ2) is 5.56. The van der Waals surface area contributed by atoms with Gasteiger partial charge >= 0.3 is 0 Å². The minimum atomic E-state index is -0.326. The van der Waals surface area contributed by atoms with Crippen molar-refractivity contribution < 1.29 is 9.53 Å². The predicted octanol–water partition coefficient (Wildman–Crippen LogP) is 1.90. The molecule has 1 amide bonds. The molecule has 1 aliphatic carbocycles. The van der Waals surface area contributed by atoms with Gasteiger partial charge in [-0.2, -0.15) is 5.10 Å². The molecule has 0 bridgehead atoms. The summed E-state index contributed by atoms with van der Waals surface area (Å²) in [6.07, 6.45) is 8.13. The summed E-state index contributed by atoms with van der Waals surface area (Å²) in [5, 5.41) is 4.22. The van der Waals surface area contributed by atoms with E-state index in [-0.39, 0.29) is 18.1 Å². The van der Waals surface area contributed by atoms with Gasteiger partial charge in [-0.05, 0) is 38.5 Å². The predicted molar refractivity (Wildman–Crippen MR) is 75.0 cm³/mol. The normalized spacial score (nSPS) is 24.1. The summed E-state index contributed by atoms with van der Waals surface area (Å²) in [6.45, 7) is 3.44. The molecule has 5 heteroatoms. The highest BCUT2D eigenvalue weighted by Crippen LogP contribution is 2.33. The minimum absolute atomic E-state index is 0.122. The van der Waals surface area contributed by atoms with Gasteiger partial charge in [-0.1, -0.05) is 0 Å². The number of carbonyl (C=O) groups is 1. The lowest BCUT2D eigenvalue weighted by molar-refractivity contribution is -0.143. The van der Waals surface area contributed by atoms with Crippen LogP contribution >= 0.6 is 0 Å². The van der Waals surface area contributed by atoms with Crippen LogP contribution in [0.1, 0.15) is 44.2 Å². The average Bonchev–Trinajstić information content (AvgIpc) is 2.96. The van der Waals surface area contributed by atoms with Crippen LogP contribution in [0.4, 0.5) is 0 Å². The van der Waals surface area contributed by atoms with Crippen molar-refractivity contribution in [3.05, 3.63) is 18.0 Å². The van der Waals surface area contributed by atoms with E-state index < -0.39 is 0 Å². The summed E-state index contributed by atoms with van der Waals surface area (Å²) in [5.74, 6) is 0.815. The van der Waals surface area contributed by atoms with Crippen molar-refractivity contribution in [1.82, 2.24) is 14.7 Å². The number of nitrogens with zero attached hydrogens (tertiary/aromatic N) is 3. The van der Waals surface area contributed by atoms with Gasteiger partial charge in [0.1, 0.15) is 6.10 Å². The number of rotatable bonds is 5. The van der Waals surface area contributed by atoms with Crippen LogP contribution < -0.4 is 0 Å². The number of ether oxygens (including phenoxy) is 1. The molecule has 0 unspecified atom stereocenters. The second-order valence-corrected chi connectivity index (χ2v) is 6.06. The number of hydrogen-bond acceptors (Lipinski definition) is 3. The summed E-state index contributed by atoms with van der Waals surface area (Å²) in [4.78, 5) is 14.5. The summed E-state index contributed by atoms with van der Waals surface area (Å²) in [6, 6.07) is 0.170. The van der Waals surface area contributed by atoms with Crippen molar-refractivity contribution in [1.29, 1.82) is 0 Å². The first-order valence-corrected chi connectivity index (χ1v) is 7.56. The lowest BCUT2D eigenvalue weighted by Crippen LogP contribution is -2.38. The van der Waals surface area contributed by atoms with E-state index in [2.05, 4.69) is 5.10 Å². The van der Waals surface area contributed by atoms with Gasteiger partial charge in [-0.25, -0.2) is 0 Å². The maximum absolute atomic E-state index is 12.5. The van der Waals surface area contributed by atoms with Gasteiger partial charge < -0.3 is 9.64 Å². The molecule has 2 atom stereocenters. The summed E-state index contributed by atoms with van der Waals surface area (Å²) >= 11 is 0. The molecule has 1 aromatic heterocycles. The Morgan fingerprint density at radius 1 is 1.50 bits per heavy atom. The average molecular weight is 277 g/mol. The number of amides is 1. The van der Waals surface area contributed by atoms with E-state index >= 15 is 0 Å². The molecule has 1 aliphatic heterocycles. The SMILES string of the molecule is C[C@H](OCC1CC1)C(=O)N1CCC[C@@H]1c1cnn(C)c1. The van der Waals surface area contributed by atoms with Crippen molar-refractivity contribution in [2.75, 3.05) is 13.2 Å². The quantitative estimate of drug-likeness (QED) is 0.826. The molecule has 1 saturated heterocycles. The highest BCUT2D eigenvalue weighted by atomic mass is 16.5. The van der Waals surface area contributed by atoms with E-state index in [0.717, 1.165) is 31.6 Å². The molecule has 5 nitrogen and oxygen atoms in total. The molecule has 110 valence electrons. The fraction of sp³-hybridized carbons (Fsp3) is 0.733. The van der Waals surface area contributed by atoms with Crippen LogP contribution in [0, 0.1) is 5.92 Å². The third kappa shape index (κ3) is 2.87. The van der Waals surface area contributed by atoms with Crippen molar-refractivity contribution in [3.63, 3.8) is 0 Å². The molecule has 0 aromatic carbocycles. The van der Waals surface area contributed by atoms with E-state index in [1.165, 1.54) is 12.8 Å². The van der Waals surface area contributed by atoms with Crippen LogP contribution in [0.15, 0.2) is 12.4 Å². The van der Waals surface area contributed by atoms with Gasteiger partial charge in [0.25, 0.3) is 5.91 Å². The molecule has 2 fully saturated rings. The summed E-state index contributed by atoms with van der Waals surface area (Å²) in [7, 11) is 1.91. The van der Waals surface area contributed by atoms with Crippen molar-refractivity contribution in [2.45, 2.75) is 44.8 Å². The lowest BCUT2D eigenvalue weighted by Gasteiger charge is -2.27. The van der Waals surface area contributed by atoms with E-state index in [0.29, 0.717) is 5.92 Å². The van der Waals surface area contributed by atoms with E-state index in [1.54, 1.807) is 4.68 Å². The topological polar surface area (TPSA) is 47.4 Å². The van der Waals surface area contributed by atoms with Gasteiger partial charge in [0, 0.05) is 25.4 Å². The maximum Gasteiger partial charge on any atom is 0.251 e. The molecule has 1 aromatic rings. The van der Waals surface area contributed by atoms with Crippen LogP contribution in [-0.4, -0.2) is 39.8 Å². The number of aryl methyl sites for hydroxylation is 1. The maximum atomic E-state index is 12.5. The molecule has 0 spiro atoms. The van der Waals surface area contributed by atoms with Crippen LogP contribution in [0.2, 0.25) is 0 Å². The summed E-state index contributed by atoms with van der Waals surface area (Å²) < 4.78 is 7.51. The van der Waals surface area contributed by atoms with Crippen molar-refractivity contribution in [3.8, 4) is 0 Å². The van der Waals surface area contributed by atoms with Gasteiger partial charge in [-0.15, -0.1) is 0 Å². The third-order valence-electron chi connectivity index (χ3n) is 4.27. The Bertz CT molecular complexity index is 481. The van der Waals surface area contributed by atoms with Crippen LogP contribution in [-0.2, 0) is 16.6 Å². The third-order valence-corrected chi connectivity index (χ3v) is 4.27. The first-order valence-electron chi connectivity index (χ1n) is 7.56. The Hall–Kier alpha value is -1.36. The Labute approximate surface area is 119 Å².